The summed E-state index contributed by atoms with van der Waals surface area (Å²) in [5.74, 6) is 0.945. The summed E-state index contributed by atoms with van der Waals surface area (Å²) in [6.07, 6.45) is 0.399. The fraction of sp³-hybridized carbons (Fsp3) is 0.562. The number of benzene rings is 1. The summed E-state index contributed by atoms with van der Waals surface area (Å²) in [5, 5.41) is 0. The molecule has 1 fully saturated rings. The number of nitrogens with zero attached hydrogens (tertiary/aromatic N) is 2. The number of amides is 1. The highest BCUT2D eigenvalue weighted by Crippen LogP contribution is 2.19. The standard InChI is InChI=1S/C16H25N3O2/c1-13(12-17)18-7-9-19(10-8-18)16(20)11-14-5-3-4-6-15(14)21-2/h3-6,13H,7-12,17H2,1-2H3. The summed E-state index contributed by atoms with van der Waals surface area (Å²) in [6.45, 7) is 6.14. The molecule has 1 atom stereocenters. The van der Waals surface area contributed by atoms with E-state index < -0.39 is 0 Å². The molecule has 2 N–H and O–H groups in total. The highest BCUT2D eigenvalue weighted by atomic mass is 16.5. The van der Waals surface area contributed by atoms with Crippen LogP contribution in [0.2, 0.25) is 0 Å². The molecule has 1 saturated heterocycles. The van der Waals surface area contributed by atoms with Crippen molar-refractivity contribution in [2.45, 2.75) is 19.4 Å². The second-order valence-corrected chi connectivity index (χ2v) is 5.49. The van der Waals surface area contributed by atoms with Gasteiger partial charge in [-0.05, 0) is 13.0 Å². The Bertz CT molecular complexity index is 470. The molecule has 0 aliphatic carbocycles. The van der Waals surface area contributed by atoms with Gasteiger partial charge in [0.1, 0.15) is 5.75 Å². The second kappa shape index (κ2) is 7.43. The van der Waals surface area contributed by atoms with E-state index in [4.69, 9.17) is 10.5 Å². The second-order valence-electron chi connectivity index (χ2n) is 5.49. The average Bonchev–Trinajstić information content (AvgIpc) is 2.54. The number of carbonyl (C=O) groups is 1. The molecule has 0 radical (unpaired) electrons. The highest BCUT2D eigenvalue weighted by Gasteiger charge is 2.23. The molecule has 2 rings (SSSR count). The summed E-state index contributed by atoms with van der Waals surface area (Å²) >= 11 is 0. The van der Waals surface area contributed by atoms with Crippen molar-refractivity contribution < 1.29 is 9.53 Å². The Labute approximate surface area is 126 Å². The van der Waals surface area contributed by atoms with E-state index in [2.05, 4.69) is 11.8 Å². The lowest BCUT2D eigenvalue weighted by molar-refractivity contribution is -0.132. The molecule has 0 bridgehead atoms. The number of nitrogens with two attached hydrogens (primary N) is 1. The predicted molar refractivity (Wildman–Crippen MR) is 83.4 cm³/mol. The summed E-state index contributed by atoms with van der Waals surface area (Å²) < 4.78 is 5.30. The maximum atomic E-state index is 12.4. The molecule has 0 spiro atoms. The van der Waals surface area contributed by atoms with E-state index in [9.17, 15) is 4.79 Å². The Hall–Kier alpha value is -1.59. The molecule has 0 aromatic heterocycles. The predicted octanol–water partition coefficient (Wildman–Crippen LogP) is 0.729. The van der Waals surface area contributed by atoms with Gasteiger partial charge >= 0.3 is 0 Å². The third-order valence-electron chi connectivity index (χ3n) is 4.17. The topological polar surface area (TPSA) is 58.8 Å². The van der Waals surface area contributed by atoms with E-state index in [1.165, 1.54) is 0 Å². The van der Waals surface area contributed by atoms with E-state index in [-0.39, 0.29) is 5.91 Å². The largest absolute Gasteiger partial charge is 0.496 e. The Balaban J connectivity index is 1.90. The van der Waals surface area contributed by atoms with E-state index in [0.29, 0.717) is 19.0 Å². The molecule has 1 aliphatic rings. The van der Waals surface area contributed by atoms with Gasteiger partial charge < -0.3 is 15.4 Å². The molecule has 0 saturated carbocycles. The van der Waals surface area contributed by atoms with Crippen molar-refractivity contribution in [1.82, 2.24) is 9.80 Å². The van der Waals surface area contributed by atoms with Gasteiger partial charge in [-0.2, -0.15) is 0 Å². The molecule has 1 amide bonds. The SMILES string of the molecule is COc1ccccc1CC(=O)N1CCN(C(C)CN)CC1. The van der Waals surface area contributed by atoms with Gasteiger partial charge in [0, 0.05) is 44.3 Å². The molecular weight excluding hydrogens is 266 g/mol. The van der Waals surface area contributed by atoms with Gasteiger partial charge in [-0.25, -0.2) is 0 Å². The van der Waals surface area contributed by atoms with Crippen molar-refractivity contribution >= 4 is 5.91 Å². The van der Waals surface area contributed by atoms with Crippen LogP contribution in [0.3, 0.4) is 0 Å². The van der Waals surface area contributed by atoms with Crippen LogP contribution >= 0.6 is 0 Å². The van der Waals surface area contributed by atoms with E-state index in [1.807, 2.05) is 29.2 Å². The maximum absolute atomic E-state index is 12.4. The number of para-hydroxylation sites is 1. The lowest BCUT2D eigenvalue weighted by Gasteiger charge is -2.37. The molecule has 5 heteroatoms. The fourth-order valence-electron chi connectivity index (χ4n) is 2.68. The van der Waals surface area contributed by atoms with Crippen molar-refractivity contribution in [2.75, 3.05) is 39.8 Å². The first-order valence-corrected chi connectivity index (χ1v) is 7.49. The van der Waals surface area contributed by atoms with Crippen LogP contribution in [0.25, 0.3) is 0 Å². The Morgan fingerprint density at radius 3 is 2.57 bits per heavy atom. The van der Waals surface area contributed by atoms with Gasteiger partial charge in [0.25, 0.3) is 0 Å². The normalized spacial score (nSPS) is 17.6. The smallest absolute Gasteiger partial charge is 0.227 e. The Kier molecular flexibility index (Phi) is 5.59. The first kappa shape index (κ1) is 15.8. The first-order chi connectivity index (χ1) is 10.2. The van der Waals surface area contributed by atoms with E-state index in [1.54, 1.807) is 7.11 Å². The fourth-order valence-corrected chi connectivity index (χ4v) is 2.68. The molecule has 1 unspecified atom stereocenters. The summed E-state index contributed by atoms with van der Waals surface area (Å²) in [6, 6.07) is 8.08. The van der Waals surface area contributed by atoms with E-state index >= 15 is 0 Å². The number of hydrogen-bond donors (Lipinski definition) is 1. The quantitative estimate of drug-likeness (QED) is 0.869. The molecule has 5 nitrogen and oxygen atoms in total. The molecule has 1 heterocycles. The van der Waals surface area contributed by atoms with Crippen LogP contribution in [-0.2, 0) is 11.2 Å². The molecule has 1 aromatic carbocycles. The summed E-state index contributed by atoms with van der Waals surface area (Å²) in [4.78, 5) is 16.7. The Morgan fingerprint density at radius 2 is 1.95 bits per heavy atom. The van der Waals surface area contributed by atoms with Crippen molar-refractivity contribution in [3.63, 3.8) is 0 Å². The zero-order valence-corrected chi connectivity index (χ0v) is 12.9. The average molecular weight is 291 g/mol. The molecule has 116 valence electrons. The highest BCUT2D eigenvalue weighted by molar-refractivity contribution is 5.79. The zero-order valence-electron chi connectivity index (χ0n) is 12.9. The van der Waals surface area contributed by atoms with Gasteiger partial charge in [0.05, 0.1) is 13.5 Å². The zero-order chi connectivity index (χ0) is 15.2. The molecule has 1 aromatic rings. The Morgan fingerprint density at radius 1 is 1.29 bits per heavy atom. The van der Waals surface area contributed by atoms with Gasteiger partial charge in [0.2, 0.25) is 5.91 Å². The van der Waals surface area contributed by atoms with Crippen LogP contribution in [0, 0.1) is 0 Å². The monoisotopic (exact) mass is 291 g/mol. The third kappa shape index (κ3) is 3.95. The van der Waals surface area contributed by atoms with Crippen LogP contribution in [0.15, 0.2) is 24.3 Å². The van der Waals surface area contributed by atoms with Gasteiger partial charge in [-0.15, -0.1) is 0 Å². The van der Waals surface area contributed by atoms with E-state index in [0.717, 1.165) is 37.5 Å². The van der Waals surface area contributed by atoms with Crippen molar-refractivity contribution in [2.24, 2.45) is 5.73 Å². The minimum absolute atomic E-state index is 0.166. The van der Waals surface area contributed by atoms with Crippen LogP contribution in [0.4, 0.5) is 0 Å². The van der Waals surface area contributed by atoms with Crippen LogP contribution < -0.4 is 10.5 Å². The van der Waals surface area contributed by atoms with Crippen LogP contribution in [-0.4, -0.2) is 61.6 Å². The molecule has 21 heavy (non-hydrogen) atoms. The third-order valence-corrected chi connectivity index (χ3v) is 4.17. The van der Waals surface area contributed by atoms with Gasteiger partial charge in [0.15, 0.2) is 0 Å². The summed E-state index contributed by atoms with van der Waals surface area (Å²) in [7, 11) is 1.64. The number of carbonyl (C=O) groups excluding carboxylic acids is 1. The number of ether oxygens (including phenoxy) is 1. The number of methoxy groups -OCH3 is 1. The van der Waals surface area contributed by atoms with Gasteiger partial charge in [-0.3, -0.25) is 9.69 Å². The molecular formula is C16H25N3O2. The maximum Gasteiger partial charge on any atom is 0.227 e. The number of piperazine rings is 1. The van der Waals surface area contributed by atoms with Crippen molar-refractivity contribution in [3.8, 4) is 5.75 Å². The van der Waals surface area contributed by atoms with Crippen LogP contribution in [0.5, 0.6) is 5.75 Å². The lowest BCUT2D eigenvalue weighted by Crippen LogP contribution is -2.53. The first-order valence-electron chi connectivity index (χ1n) is 7.49. The van der Waals surface area contributed by atoms with Gasteiger partial charge in [-0.1, -0.05) is 18.2 Å². The number of rotatable bonds is 5. The lowest BCUT2D eigenvalue weighted by atomic mass is 10.1. The van der Waals surface area contributed by atoms with Crippen molar-refractivity contribution in [3.05, 3.63) is 29.8 Å². The van der Waals surface area contributed by atoms with Crippen LogP contribution in [0.1, 0.15) is 12.5 Å². The van der Waals surface area contributed by atoms with Crippen molar-refractivity contribution in [1.29, 1.82) is 0 Å². The summed E-state index contributed by atoms with van der Waals surface area (Å²) in [5.41, 5.74) is 6.64. The number of hydrogen-bond acceptors (Lipinski definition) is 4. The molecule has 1 aliphatic heterocycles. The minimum Gasteiger partial charge on any atom is -0.496 e. The minimum atomic E-state index is 0.166.